The third kappa shape index (κ3) is 3.57. The first-order valence-electron chi connectivity index (χ1n) is 7.78. The van der Waals surface area contributed by atoms with Gasteiger partial charge in [0.15, 0.2) is 0 Å². The number of hydrogen-bond donors (Lipinski definition) is 2. The fourth-order valence-electron chi connectivity index (χ4n) is 2.86. The van der Waals surface area contributed by atoms with Gasteiger partial charge >= 0.3 is 0 Å². The van der Waals surface area contributed by atoms with Gasteiger partial charge in [0.1, 0.15) is 0 Å². The molecule has 1 aliphatic heterocycles. The minimum atomic E-state index is -0.343. The Kier molecular flexibility index (Phi) is 4.68. The van der Waals surface area contributed by atoms with E-state index in [4.69, 9.17) is 0 Å². The van der Waals surface area contributed by atoms with Gasteiger partial charge < -0.3 is 10.0 Å². The number of amides is 1. The lowest BCUT2D eigenvalue weighted by Crippen LogP contribution is -2.50. The molecule has 0 saturated carbocycles. The van der Waals surface area contributed by atoms with Gasteiger partial charge in [0, 0.05) is 50.7 Å². The van der Waals surface area contributed by atoms with Crippen molar-refractivity contribution in [1.82, 2.24) is 25.0 Å². The highest BCUT2D eigenvalue weighted by Crippen LogP contribution is 2.22. The van der Waals surface area contributed by atoms with Crippen LogP contribution in [0, 0.1) is 0 Å². The molecule has 2 aromatic rings. The van der Waals surface area contributed by atoms with Crippen LogP contribution in [0.1, 0.15) is 17.3 Å². The number of aromatic nitrogens is 3. The zero-order valence-electron chi connectivity index (χ0n) is 13.1. The lowest BCUT2D eigenvalue weighted by molar-refractivity contribution is 0.0555. The molecular formula is C16H21N5O2. The summed E-state index contributed by atoms with van der Waals surface area (Å²) in [5, 5.41) is 16.4. The molecule has 1 atom stereocenters. The van der Waals surface area contributed by atoms with E-state index in [9.17, 15) is 9.90 Å². The second kappa shape index (κ2) is 6.89. The summed E-state index contributed by atoms with van der Waals surface area (Å²) in [6.45, 7) is 5.30. The van der Waals surface area contributed by atoms with Crippen LogP contribution in [0.15, 0.2) is 30.7 Å². The number of nitrogens with zero attached hydrogens (tertiary/aromatic N) is 4. The number of hydrogen-bond acceptors (Lipinski definition) is 5. The van der Waals surface area contributed by atoms with Gasteiger partial charge in [-0.25, -0.2) is 0 Å². The molecule has 0 radical (unpaired) electrons. The average molecular weight is 315 g/mol. The minimum Gasteiger partial charge on any atom is -0.392 e. The van der Waals surface area contributed by atoms with Gasteiger partial charge in [-0.2, -0.15) is 5.10 Å². The summed E-state index contributed by atoms with van der Waals surface area (Å²) in [6, 6.07) is 3.70. The molecule has 2 N–H and O–H groups in total. The molecule has 122 valence electrons. The van der Waals surface area contributed by atoms with Crippen molar-refractivity contribution in [2.45, 2.75) is 13.0 Å². The number of H-pyrrole nitrogens is 1. The zero-order chi connectivity index (χ0) is 16.2. The summed E-state index contributed by atoms with van der Waals surface area (Å²) in [6.07, 6.45) is 4.63. The van der Waals surface area contributed by atoms with Crippen molar-refractivity contribution < 1.29 is 9.90 Å². The van der Waals surface area contributed by atoms with Crippen LogP contribution >= 0.6 is 0 Å². The monoisotopic (exact) mass is 315 g/mol. The van der Waals surface area contributed by atoms with Crippen LogP contribution in [0.5, 0.6) is 0 Å². The number of pyridine rings is 1. The van der Waals surface area contributed by atoms with Crippen molar-refractivity contribution in [3.63, 3.8) is 0 Å². The van der Waals surface area contributed by atoms with Crippen LogP contribution in [0.2, 0.25) is 0 Å². The van der Waals surface area contributed by atoms with E-state index in [1.54, 1.807) is 25.5 Å². The number of aliphatic hydroxyl groups excluding tert-OH is 1. The van der Waals surface area contributed by atoms with Crippen molar-refractivity contribution in [2.24, 2.45) is 0 Å². The molecular weight excluding hydrogens is 294 g/mol. The zero-order valence-corrected chi connectivity index (χ0v) is 13.1. The van der Waals surface area contributed by atoms with E-state index in [0.29, 0.717) is 25.2 Å². The first kappa shape index (κ1) is 15.6. The maximum absolute atomic E-state index is 12.8. The van der Waals surface area contributed by atoms with E-state index in [2.05, 4.69) is 20.1 Å². The molecule has 7 heteroatoms. The molecule has 23 heavy (non-hydrogen) atoms. The number of aromatic amines is 1. The van der Waals surface area contributed by atoms with Crippen LogP contribution in [-0.2, 0) is 0 Å². The number of β-amino-alcohol motifs (C(OH)–C–C–N with tert-alkyl or cyclic N) is 1. The van der Waals surface area contributed by atoms with Gasteiger partial charge in [-0.05, 0) is 19.1 Å². The van der Waals surface area contributed by atoms with Crippen molar-refractivity contribution >= 4 is 5.91 Å². The van der Waals surface area contributed by atoms with E-state index >= 15 is 0 Å². The van der Waals surface area contributed by atoms with Crippen LogP contribution in [0.25, 0.3) is 11.3 Å². The standard InChI is InChI=1S/C16H21N5O2/c1-12(22)11-20-6-8-21(9-7-20)16(23)14-10-18-19-15(14)13-2-4-17-5-3-13/h2-5,10,12,22H,6-9,11H2,1H3,(H,18,19)/t12-/m0/s1. The third-order valence-corrected chi connectivity index (χ3v) is 4.02. The number of aliphatic hydroxyl groups is 1. The van der Waals surface area contributed by atoms with Crippen molar-refractivity contribution in [3.8, 4) is 11.3 Å². The highest BCUT2D eigenvalue weighted by Gasteiger charge is 2.25. The Balaban J connectivity index is 1.70. The number of piperazine rings is 1. The van der Waals surface area contributed by atoms with Gasteiger partial charge in [-0.15, -0.1) is 0 Å². The molecule has 2 aromatic heterocycles. The normalized spacial score (nSPS) is 17.2. The van der Waals surface area contributed by atoms with Crippen LogP contribution in [0.3, 0.4) is 0 Å². The lowest BCUT2D eigenvalue weighted by atomic mass is 10.1. The molecule has 1 amide bonds. The number of carbonyl (C=O) groups excluding carboxylic acids is 1. The maximum atomic E-state index is 12.8. The molecule has 0 aromatic carbocycles. The smallest absolute Gasteiger partial charge is 0.257 e. The van der Waals surface area contributed by atoms with E-state index in [1.807, 2.05) is 17.0 Å². The summed E-state index contributed by atoms with van der Waals surface area (Å²) < 4.78 is 0. The second-order valence-electron chi connectivity index (χ2n) is 5.84. The Morgan fingerprint density at radius 3 is 2.65 bits per heavy atom. The van der Waals surface area contributed by atoms with E-state index in [1.165, 1.54) is 0 Å². The van der Waals surface area contributed by atoms with E-state index in [0.717, 1.165) is 24.3 Å². The Hall–Kier alpha value is -2.25. The molecule has 0 aliphatic carbocycles. The Bertz CT molecular complexity index is 648. The largest absolute Gasteiger partial charge is 0.392 e. The maximum Gasteiger partial charge on any atom is 0.257 e. The van der Waals surface area contributed by atoms with Crippen molar-refractivity contribution in [1.29, 1.82) is 0 Å². The third-order valence-electron chi connectivity index (χ3n) is 4.02. The first-order valence-corrected chi connectivity index (χ1v) is 7.78. The summed E-state index contributed by atoms with van der Waals surface area (Å²) in [5.74, 6) is -0.0118. The van der Waals surface area contributed by atoms with E-state index in [-0.39, 0.29) is 12.0 Å². The fourth-order valence-corrected chi connectivity index (χ4v) is 2.86. The Morgan fingerprint density at radius 2 is 2.00 bits per heavy atom. The summed E-state index contributed by atoms with van der Waals surface area (Å²) in [7, 11) is 0. The average Bonchev–Trinajstić information content (AvgIpc) is 3.05. The first-order chi connectivity index (χ1) is 11.1. The summed E-state index contributed by atoms with van der Waals surface area (Å²) in [4.78, 5) is 20.8. The number of nitrogens with one attached hydrogen (secondary N) is 1. The summed E-state index contributed by atoms with van der Waals surface area (Å²) in [5.41, 5.74) is 2.21. The van der Waals surface area contributed by atoms with Crippen LogP contribution in [-0.4, -0.2) is 74.8 Å². The van der Waals surface area contributed by atoms with Gasteiger partial charge in [-0.1, -0.05) is 0 Å². The second-order valence-corrected chi connectivity index (χ2v) is 5.84. The highest BCUT2D eigenvalue weighted by molar-refractivity contribution is 5.99. The molecule has 1 fully saturated rings. The summed E-state index contributed by atoms with van der Waals surface area (Å²) >= 11 is 0. The van der Waals surface area contributed by atoms with Crippen molar-refractivity contribution in [2.75, 3.05) is 32.7 Å². The van der Waals surface area contributed by atoms with Crippen molar-refractivity contribution in [3.05, 3.63) is 36.3 Å². The van der Waals surface area contributed by atoms with Gasteiger partial charge in [-0.3, -0.25) is 19.8 Å². The highest BCUT2D eigenvalue weighted by atomic mass is 16.3. The number of carbonyl (C=O) groups is 1. The predicted octanol–water partition coefficient (Wildman–Crippen LogP) is 0.610. The van der Waals surface area contributed by atoms with Gasteiger partial charge in [0.25, 0.3) is 5.91 Å². The molecule has 0 spiro atoms. The number of rotatable bonds is 4. The molecule has 1 saturated heterocycles. The predicted molar refractivity (Wildman–Crippen MR) is 85.8 cm³/mol. The fraction of sp³-hybridized carbons (Fsp3) is 0.438. The van der Waals surface area contributed by atoms with Crippen LogP contribution in [0.4, 0.5) is 0 Å². The van der Waals surface area contributed by atoms with Gasteiger partial charge in [0.2, 0.25) is 0 Å². The van der Waals surface area contributed by atoms with E-state index < -0.39 is 0 Å². The Morgan fingerprint density at radius 1 is 1.30 bits per heavy atom. The SMILES string of the molecule is C[C@H](O)CN1CCN(C(=O)c2cn[nH]c2-c2ccncc2)CC1. The molecule has 0 unspecified atom stereocenters. The molecule has 1 aliphatic rings. The minimum absolute atomic E-state index is 0.0118. The lowest BCUT2D eigenvalue weighted by Gasteiger charge is -2.35. The molecule has 3 heterocycles. The van der Waals surface area contributed by atoms with Crippen LogP contribution < -0.4 is 0 Å². The molecule has 7 nitrogen and oxygen atoms in total. The molecule has 3 rings (SSSR count). The molecule has 0 bridgehead atoms. The Labute approximate surface area is 134 Å². The van der Waals surface area contributed by atoms with Gasteiger partial charge in [0.05, 0.1) is 23.6 Å². The quantitative estimate of drug-likeness (QED) is 0.863. The topological polar surface area (TPSA) is 85.4 Å².